The maximum atomic E-state index is 11.1. The van der Waals surface area contributed by atoms with E-state index in [9.17, 15) is 4.79 Å². The molecule has 0 radical (unpaired) electrons. The molecule has 0 atom stereocenters. The second-order valence-corrected chi connectivity index (χ2v) is 7.52. The predicted molar refractivity (Wildman–Crippen MR) is 111 cm³/mol. The van der Waals surface area contributed by atoms with Crippen LogP contribution < -0.4 is 11.1 Å². The highest BCUT2D eigenvalue weighted by Gasteiger charge is 2.18. The summed E-state index contributed by atoms with van der Waals surface area (Å²) in [6.07, 6.45) is 6.41. The fourth-order valence-electron chi connectivity index (χ4n) is 3.75. The molecule has 0 unspecified atom stereocenters. The number of hydrogen-bond donors (Lipinski definition) is 2. The third-order valence-electron chi connectivity index (χ3n) is 5.46. The number of amides is 1. The van der Waals surface area contributed by atoms with Crippen LogP contribution in [0, 0.1) is 0 Å². The Hall–Kier alpha value is -2.93. The molecule has 4 rings (SSSR count). The van der Waals surface area contributed by atoms with Crippen LogP contribution in [0.1, 0.15) is 30.7 Å². The van der Waals surface area contributed by atoms with Crippen molar-refractivity contribution in [3.8, 4) is 0 Å². The summed E-state index contributed by atoms with van der Waals surface area (Å²) in [6, 6.07) is 10.5. The lowest BCUT2D eigenvalue weighted by Gasteiger charge is -2.29. The van der Waals surface area contributed by atoms with Crippen molar-refractivity contribution in [2.45, 2.75) is 31.7 Å². The SMILES string of the molecule is CN1CCC(c2ccc(Nc3ncc4ccn(CCC(N)=O)c4n3)cc2)CC1. The first-order valence-corrected chi connectivity index (χ1v) is 9.74. The summed E-state index contributed by atoms with van der Waals surface area (Å²) in [5.74, 6) is 0.865. The summed E-state index contributed by atoms with van der Waals surface area (Å²) in [4.78, 5) is 22.5. The van der Waals surface area contributed by atoms with Gasteiger partial charge in [-0.25, -0.2) is 4.98 Å². The largest absolute Gasteiger partial charge is 0.370 e. The van der Waals surface area contributed by atoms with Crippen molar-refractivity contribution >= 4 is 28.6 Å². The minimum atomic E-state index is -0.320. The van der Waals surface area contributed by atoms with E-state index in [1.54, 1.807) is 6.20 Å². The Bertz CT molecular complexity index is 957. The number of fused-ring (bicyclic) bond motifs is 1. The molecule has 0 bridgehead atoms. The van der Waals surface area contributed by atoms with Gasteiger partial charge in [-0.3, -0.25) is 4.79 Å². The molecule has 0 spiro atoms. The van der Waals surface area contributed by atoms with Gasteiger partial charge in [-0.05, 0) is 62.7 Å². The molecular formula is C21H26N6O. The molecule has 3 heterocycles. The van der Waals surface area contributed by atoms with Gasteiger partial charge < -0.3 is 20.5 Å². The average molecular weight is 378 g/mol. The highest BCUT2D eigenvalue weighted by atomic mass is 16.1. The lowest BCUT2D eigenvalue weighted by atomic mass is 9.89. The summed E-state index contributed by atoms with van der Waals surface area (Å²) in [6.45, 7) is 2.84. The molecule has 0 saturated carbocycles. The zero-order valence-corrected chi connectivity index (χ0v) is 16.1. The Morgan fingerprint density at radius 1 is 1.21 bits per heavy atom. The second-order valence-electron chi connectivity index (χ2n) is 7.52. The minimum Gasteiger partial charge on any atom is -0.370 e. The van der Waals surface area contributed by atoms with E-state index in [1.807, 2.05) is 16.8 Å². The smallest absolute Gasteiger partial charge is 0.229 e. The number of piperidine rings is 1. The van der Waals surface area contributed by atoms with Crippen molar-refractivity contribution in [1.29, 1.82) is 0 Å². The number of anilines is 2. The quantitative estimate of drug-likeness (QED) is 0.688. The molecule has 1 aliphatic heterocycles. The van der Waals surface area contributed by atoms with Gasteiger partial charge in [-0.1, -0.05) is 12.1 Å². The average Bonchev–Trinajstić information content (AvgIpc) is 3.10. The maximum Gasteiger partial charge on any atom is 0.229 e. The molecule has 7 heteroatoms. The Morgan fingerprint density at radius 3 is 2.68 bits per heavy atom. The first-order chi connectivity index (χ1) is 13.6. The molecule has 0 aliphatic carbocycles. The maximum absolute atomic E-state index is 11.1. The number of benzene rings is 1. The first kappa shape index (κ1) is 18.4. The highest BCUT2D eigenvalue weighted by Crippen LogP contribution is 2.28. The van der Waals surface area contributed by atoms with Crippen LogP contribution in [0.15, 0.2) is 42.7 Å². The van der Waals surface area contributed by atoms with Crippen LogP contribution in [0.25, 0.3) is 11.0 Å². The lowest BCUT2D eigenvalue weighted by molar-refractivity contribution is -0.118. The molecule has 28 heavy (non-hydrogen) atoms. The number of carbonyl (C=O) groups excluding carboxylic acids is 1. The molecule has 3 aromatic rings. The van der Waals surface area contributed by atoms with Crippen LogP contribution in [0.3, 0.4) is 0 Å². The van der Waals surface area contributed by atoms with E-state index in [0.29, 0.717) is 18.4 Å². The molecule has 1 saturated heterocycles. The lowest BCUT2D eigenvalue weighted by Crippen LogP contribution is -2.29. The van der Waals surface area contributed by atoms with E-state index >= 15 is 0 Å². The van der Waals surface area contributed by atoms with Crippen LogP contribution >= 0.6 is 0 Å². The number of rotatable bonds is 6. The fourth-order valence-corrected chi connectivity index (χ4v) is 3.75. The number of carbonyl (C=O) groups is 1. The van der Waals surface area contributed by atoms with Crippen molar-refractivity contribution in [3.05, 3.63) is 48.3 Å². The van der Waals surface area contributed by atoms with Crippen molar-refractivity contribution < 1.29 is 4.79 Å². The highest BCUT2D eigenvalue weighted by molar-refractivity contribution is 5.77. The normalized spacial score (nSPS) is 15.8. The molecule has 1 fully saturated rings. The monoisotopic (exact) mass is 378 g/mol. The van der Waals surface area contributed by atoms with Crippen LogP contribution in [-0.4, -0.2) is 45.5 Å². The van der Waals surface area contributed by atoms with Crippen molar-refractivity contribution in [2.75, 3.05) is 25.5 Å². The summed E-state index contributed by atoms with van der Waals surface area (Å²) >= 11 is 0. The molecule has 1 aromatic carbocycles. The Morgan fingerprint density at radius 2 is 1.96 bits per heavy atom. The molecule has 146 valence electrons. The van der Waals surface area contributed by atoms with Gasteiger partial charge in [-0.2, -0.15) is 4.98 Å². The predicted octanol–water partition coefficient (Wildman–Crippen LogP) is 2.86. The van der Waals surface area contributed by atoms with Gasteiger partial charge in [0.05, 0.1) is 0 Å². The zero-order valence-electron chi connectivity index (χ0n) is 16.1. The summed E-state index contributed by atoms with van der Waals surface area (Å²) in [7, 11) is 2.18. The van der Waals surface area contributed by atoms with Gasteiger partial charge in [0.25, 0.3) is 0 Å². The number of nitrogens with two attached hydrogens (primary N) is 1. The molecule has 1 amide bonds. The van der Waals surface area contributed by atoms with Gasteiger partial charge in [-0.15, -0.1) is 0 Å². The van der Waals surface area contributed by atoms with Crippen LogP contribution in [0.4, 0.5) is 11.6 Å². The number of hydrogen-bond acceptors (Lipinski definition) is 5. The minimum absolute atomic E-state index is 0.287. The van der Waals surface area contributed by atoms with Crippen LogP contribution in [-0.2, 0) is 11.3 Å². The number of aryl methyl sites for hydroxylation is 1. The van der Waals surface area contributed by atoms with Crippen molar-refractivity contribution in [2.24, 2.45) is 5.73 Å². The Labute approximate surface area is 164 Å². The van der Waals surface area contributed by atoms with Gasteiger partial charge in [0.2, 0.25) is 11.9 Å². The standard InChI is InChI=1S/C21H26N6O/c1-26-10-6-16(7-11-26)15-2-4-18(5-3-15)24-21-23-14-17-8-12-27(20(17)25-21)13-9-19(22)28/h2-5,8,12,14,16H,6-7,9-11,13H2,1H3,(H2,22,28)(H,23,24,25). The van der Waals surface area contributed by atoms with Gasteiger partial charge >= 0.3 is 0 Å². The van der Waals surface area contributed by atoms with E-state index in [0.717, 1.165) is 29.8 Å². The number of aromatic nitrogens is 3. The van der Waals surface area contributed by atoms with Crippen LogP contribution in [0.5, 0.6) is 0 Å². The molecule has 1 aliphatic rings. The van der Waals surface area contributed by atoms with E-state index < -0.39 is 0 Å². The molecule has 7 nitrogen and oxygen atoms in total. The van der Waals surface area contributed by atoms with E-state index in [4.69, 9.17) is 5.73 Å². The van der Waals surface area contributed by atoms with Gasteiger partial charge in [0, 0.05) is 36.4 Å². The second kappa shape index (κ2) is 7.98. The fraction of sp³-hybridized carbons (Fsp3) is 0.381. The topological polar surface area (TPSA) is 89.1 Å². The first-order valence-electron chi connectivity index (χ1n) is 9.74. The van der Waals surface area contributed by atoms with Gasteiger partial charge in [0.1, 0.15) is 5.65 Å². The van der Waals surface area contributed by atoms with Crippen LogP contribution in [0.2, 0.25) is 0 Å². The summed E-state index contributed by atoms with van der Waals surface area (Å²) in [5.41, 5.74) is 8.41. The molecular weight excluding hydrogens is 352 g/mol. The zero-order chi connectivity index (χ0) is 19.5. The number of nitrogens with zero attached hydrogens (tertiary/aromatic N) is 4. The Balaban J connectivity index is 1.47. The van der Waals surface area contributed by atoms with Crippen molar-refractivity contribution in [3.63, 3.8) is 0 Å². The van der Waals surface area contributed by atoms with Crippen molar-refractivity contribution in [1.82, 2.24) is 19.4 Å². The Kier molecular flexibility index (Phi) is 5.25. The van der Waals surface area contributed by atoms with E-state index in [2.05, 4.69) is 51.5 Å². The number of nitrogens with one attached hydrogen (secondary N) is 1. The number of primary amides is 1. The third-order valence-corrected chi connectivity index (χ3v) is 5.46. The van der Waals surface area contributed by atoms with Gasteiger partial charge in [0.15, 0.2) is 0 Å². The van der Waals surface area contributed by atoms with E-state index in [1.165, 1.54) is 18.4 Å². The van der Waals surface area contributed by atoms with E-state index in [-0.39, 0.29) is 12.3 Å². The number of likely N-dealkylation sites (tertiary alicyclic amines) is 1. The molecule has 3 N–H and O–H groups in total. The summed E-state index contributed by atoms with van der Waals surface area (Å²) < 4.78 is 1.93. The molecule has 2 aromatic heterocycles. The third kappa shape index (κ3) is 4.14. The summed E-state index contributed by atoms with van der Waals surface area (Å²) in [5, 5.41) is 4.22.